The molecular weight excluding hydrogens is 338 g/mol. The third-order valence-electron chi connectivity index (χ3n) is 4.98. The zero-order valence-electron chi connectivity index (χ0n) is 16.6. The molecule has 0 N–H and O–H groups in total. The monoisotopic (exact) mass is 367 g/mol. The lowest BCUT2D eigenvalue weighted by Gasteiger charge is -2.33. The van der Waals surface area contributed by atoms with Gasteiger partial charge in [-0.25, -0.2) is 9.97 Å². The van der Waals surface area contributed by atoms with Crippen LogP contribution in [0.3, 0.4) is 0 Å². The van der Waals surface area contributed by atoms with E-state index in [2.05, 4.69) is 28.8 Å². The molecule has 27 heavy (non-hydrogen) atoms. The number of likely N-dealkylation sites (N-methyl/N-ethyl adjacent to an activating group) is 1. The summed E-state index contributed by atoms with van der Waals surface area (Å²) in [6.07, 6.45) is 2.05. The summed E-state index contributed by atoms with van der Waals surface area (Å²) in [5.41, 5.74) is 1.40. The van der Waals surface area contributed by atoms with Crippen LogP contribution in [-0.2, 0) is 0 Å². The van der Waals surface area contributed by atoms with Gasteiger partial charge >= 0.3 is 0 Å². The fourth-order valence-corrected chi connectivity index (χ4v) is 3.15. The van der Waals surface area contributed by atoms with E-state index in [0.717, 1.165) is 56.9 Å². The SMILES string of the molecule is CCCCN(C)C(=O)c1cc(N2CCN(C)CC2)nc(-c2ccccc2)n1. The Kier molecular flexibility index (Phi) is 6.40. The lowest BCUT2D eigenvalue weighted by molar-refractivity contribution is 0.0787. The number of carbonyl (C=O) groups is 1. The molecule has 1 aromatic carbocycles. The van der Waals surface area contributed by atoms with E-state index in [1.54, 1.807) is 4.90 Å². The molecule has 0 saturated carbocycles. The molecule has 1 fully saturated rings. The molecule has 0 spiro atoms. The summed E-state index contributed by atoms with van der Waals surface area (Å²) >= 11 is 0. The predicted octanol–water partition coefficient (Wildman–Crippen LogP) is 2.77. The van der Waals surface area contributed by atoms with Gasteiger partial charge in [-0.1, -0.05) is 43.7 Å². The lowest BCUT2D eigenvalue weighted by Crippen LogP contribution is -2.45. The topological polar surface area (TPSA) is 52.6 Å². The molecule has 0 radical (unpaired) electrons. The number of hydrogen-bond acceptors (Lipinski definition) is 5. The largest absolute Gasteiger partial charge is 0.354 e. The van der Waals surface area contributed by atoms with Gasteiger partial charge in [0.05, 0.1) is 0 Å². The van der Waals surface area contributed by atoms with Crippen LogP contribution in [0.15, 0.2) is 36.4 Å². The molecule has 2 aromatic rings. The van der Waals surface area contributed by atoms with Crippen molar-refractivity contribution in [3.63, 3.8) is 0 Å². The molecule has 1 aliphatic heterocycles. The minimum absolute atomic E-state index is 0.0431. The second-order valence-corrected chi connectivity index (χ2v) is 7.17. The molecule has 1 aromatic heterocycles. The molecule has 6 nitrogen and oxygen atoms in total. The minimum Gasteiger partial charge on any atom is -0.354 e. The van der Waals surface area contributed by atoms with Gasteiger partial charge in [-0.3, -0.25) is 4.79 Å². The Morgan fingerprint density at radius 1 is 1.11 bits per heavy atom. The summed E-state index contributed by atoms with van der Waals surface area (Å²) in [7, 11) is 3.97. The van der Waals surface area contributed by atoms with E-state index in [-0.39, 0.29) is 5.91 Å². The maximum atomic E-state index is 12.9. The first-order valence-corrected chi connectivity index (χ1v) is 9.72. The van der Waals surface area contributed by atoms with Gasteiger partial charge in [0.15, 0.2) is 5.82 Å². The van der Waals surface area contributed by atoms with Crippen LogP contribution in [0.5, 0.6) is 0 Å². The molecule has 1 saturated heterocycles. The van der Waals surface area contributed by atoms with Gasteiger partial charge in [0, 0.05) is 51.4 Å². The van der Waals surface area contributed by atoms with Crippen molar-refractivity contribution < 1.29 is 4.79 Å². The molecule has 0 unspecified atom stereocenters. The van der Waals surface area contributed by atoms with Crippen LogP contribution in [-0.4, -0.2) is 72.5 Å². The van der Waals surface area contributed by atoms with Crippen molar-refractivity contribution in [2.75, 3.05) is 51.7 Å². The Hall–Kier alpha value is -2.47. The summed E-state index contributed by atoms with van der Waals surface area (Å²) < 4.78 is 0. The molecule has 1 aliphatic rings. The fraction of sp³-hybridized carbons (Fsp3) is 0.476. The number of benzene rings is 1. The van der Waals surface area contributed by atoms with Crippen molar-refractivity contribution in [1.29, 1.82) is 0 Å². The van der Waals surface area contributed by atoms with Gasteiger partial charge in [-0.15, -0.1) is 0 Å². The van der Waals surface area contributed by atoms with E-state index in [4.69, 9.17) is 4.98 Å². The van der Waals surface area contributed by atoms with Crippen LogP contribution in [0.1, 0.15) is 30.3 Å². The second kappa shape index (κ2) is 8.95. The molecule has 1 amide bonds. The standard InChI is InChI=1S/C21H29N5O/c1-4-5-11-25(3)21(27)18-16-19(26-14-12-24(2)13-15-26)23-20(22-18)17-9-7-6-8-10-17/h6-10,16H,4-5,11-15H2,1-3H3. The Balaban J connectivity index is 1.94. The van der Waals surface area contributed by atoms with E-state index in [1.807, 2.05) is 43.4 Å². The number of amides is 1. The number of unbranched alkanes of at least 4 members (excludes halogenated alkanes) is 1. The zero-order valence-corrected chi connectivity index (χ0v) is 16.6. The average molecular weight is 367 g/mol. The van der Waals surface area contributed by atoms with Gasteiger partial charge in [-0.2, -0.15) is 0 Å². The highest BCUT2D eigenvalue weighted by Crippen LogP contribution is 2.22. The van der Waals surface area contributed by atoms with Crippen LogP contribution in [0.2, 0.25) is 0 Å². The molecular formula is C21H29N5O. The van der Waals surface area contributed by atoms with Crippen molar-refractivity contribution in [1.82, 2.24) is 19.8 Å². The number of piperazine rings is 1. The normalized spacial score (nSPS) is 15.0. The smallest absolute Gasteiger partial charge is 0.272 e. The maximum Gasteiger partial charge on any atom is 0.272 e. The summed E-state index contributed by atoms with van der Waals surface area (Å²) in [4.78, 5) is 28.6. The number of hydrogen-bond donors (Lipinski definition) is 0. The molecule has 2 heterocycles. The molecule has 0 atom stereocenters. The Morgan fingerprint density at radius 2 is 1.81 bits per heavy atom. The number of nitrogens with zero attached hydrogens (tertiary/aromatic N) is 5. The number of anilines is 1. The number of carbonyl (C=O) groups excluding carboxylic acids is 1. The molecule has 6 heteroatoms. The van der Waals surface area contributed by atoms with Crippen LogP contribution in [0.25, 0.3) is 11.4 Å². The van der Waals surface area contributed by atoms with E-state index < -0.39 is 0 Å². The van der Waals surface area contributed by atoms with Crippen LogP contribution >= 0.6 is 0 Å². The summed E-state index contributed by atoms with van der Waals surface area (Å²) in [6.45, 7) is 6.66. The highest BCUT2D eigenvalue weighted by atomic mass is 16.2. The highest BCUT2D eigenvalue weighted by molar-refractivity contribution is 5.93. The van der Waals surface area contributed by atoms with Gasteiger partial charge in [0.2, 0.25) is 0 Å². The Morgan fingerprint density at radius 3 is 2.48 bits per heavy atom. The Bertz CT molecular complexity index is 756. The summed E-state index contributed by atoms with van der Waals surface area (Å²) in [5.74, 6) is 1.40. The minimum atomic E-state index is -0.0431. The van der Waals surface area contributed by atoms with E-state index in [0.29, 0.717) is 11.5 Å². The summed E-state index contributed by atoms with van der Waals surface area (Å²) in [5, 5.41) is 0. The molecule has 0 aliphatic carbocycles. The van der Waals surface area contributed by atoms with Gasteiger partial charge in [0.25, 0.3) is 5.91 Å². The highest BCUT2D eigenvalue weighted by Gasteiger charge is 2.21. The predicted molar refractivity (Wildman–Crippen MR) is 109 cm³/mol. The molecule has 144 valence electrons. The van der Waals surface area contributed by atoms with Crippen molar-refractivity contribution in [2.24, 2.45) is 0 Å². The van der Waals surface area contributed by atoms with E-state index in [1.165, 1.54) is 0 Å². The fourth-order valence-electron chi connectivity index (χ4n) is 3.15. The third kappa shape index (κ3) is 4.83. The molecule has 3 rings (SSSR count). The van der Waals surface area contributed by atoms with Crippen molar-refractivity contribution in [3.8, 4) is 11.4 Å². The van der Waals surface area contributed by atoms with Gasteiger partial charge in [0.1, 0.15) is 11.5 Å². The van der Waals surface area contributed by atoms with E-state index in [9.17, 15) is 4.79 Å². The van der Waals surface area contributed by atoms with Crippen LogP contribution in [0.4, 0.5) is 5.82 Å². The van der Waals surface area contributed by atoms with Crippen molar-refractivity contribution >= 4 is 11.7 Å². The summed E-state index contributed by atoms with van der Waals surface area (Å²) in [6, 6.07) is 11.7. The third-order valence-corrected chi connectivity index (χ3v) is 4.98. The first-order chi connectivity index (χ1) is 13.1. The molecule has 0 bridgehead atoms. The Labute approximate surface area is 161 Å². The van der Waals surface area contributed by atoms with Gasteiger partial charge < -0.3 is 14.7 Å². The number of aromatic nitrogens is 2. The zero-order chi connectivity index (χ0) is 19.2. The van der Waals surface area contributed by atoms with Crippen LogP contribution in [0, 0.1) is 0 Å². The van der Waals surface area contributed by atoms with Crippen molar-refractivity contribution in [3.05, 3.63) is 42.1 Å². The lowest BCUT2D eigenvalue weighted by atomic mass is 10.2. The quantitative estimate of drug-likeness (QED) is 0.786. The van der Waals surface area contributed by atoms with Gasteiger partial charge in [-0.05, 0) is 13.5 Å². The first kappa shape index (κ1) is 19.3. The first-order valence-electron chi connectivity index (χ1n) is 9.72. The van der Waals surface area contributed by atoms with E-state index >= 15 is 0 Å². The van der Waals surface area contributed by atoms with Crippen LogP contribution < -0.4 is 4.90 Å². The van der Waals surface area contributed by atoms with Crippen molar-refractivity contribution in [2.45, 2.75) is 19.8 Å². The average Bonchev–Trinajstić information content (AvgIpc) is 2.72. The maximum absolute atomic E-state index is 12.9. The number of rotatable bonds is 6. The second-order valence-electron chi connectivity index (χ2n) is 7.17.